The Morgan fingerprint density at radius 2 is 2.15 bits per heavy atom. The summed E-state index contributed by atoms with van der Waals surface area (Å²) in [7, 11) is 0. The van der Waals surface area contributed by atoms with E-state index >= 15 is 0 Å². The maximum absolute atomic E-state index is 5.91. The molecule has 0 bridgehead atoms. The van der Waals surface area contributed by atoms with E-state index in [1.54, 1.807) is 12.3 Å². The van der Waals surface area contributed by atoms with E-state index in [0.29, 0.717) is 5.02 Å². The second kappa shape index (κ2) is 2.89. The molecule has 0 aliphatic heterocycles. The number of rotatable bonds is 0. The van der Waals surface area contributed by atoms with Gasteiger partial charge in [0.2, 0.25) is 0 Å². The Hall–Kier alpha value is -1.28. The summed E-state index contributed by atoms with van der Waals surface area (Å²) in [5.41, 5.74) is 8.48. The molecule has 0 unspecified atom stereocenters. The van der Waals surface area contributed by atoms with Gasteiger partial charge in [-0.05, 0) is 30.7 Å². The predicted molar refractivity (Wildman–Crippen MR) is 55.9 cm³/mol. The smallest absolute Gasteiger partial charge is 0.0752 e. The van der Waals surface area contributed by atoms with Crippen LogP contribution in [0.2, 0.25) is 5.02 Å². The minimum absolute atomic E-state index is 0.699. The number of anilines is 1. The minimum Gasteiger partial charge on any atom is -0.398 e. The molecule has 0 aliphatic rings. The van der Waals surface area contributed by atoms with Crippen LogP contribution < -0.4 is 5.73 Å². The fourth-order valence-corrected chi connectivity index (χ4v) is 1.68. The van der Waals surface area contributed by atoms with Crippen LogP contribution in [0, 0.1) is 6.92 Å². The molecule has 0 spiro atoms. The number of aryl methyl sites for hydroxylation is 1. The first-order chi connectivity index (χ1) is 6.18. The quantitative estimate of drug-likeness (QED) is 0.697. The molecule has 3 heteroatoms. The van der Waals surface area contributed by atoms with Crippen LogP contribution in [0.3, 0.4) is 0 Å². The fourth-order valence-electron chi connectivity index (χ4n) is 1.41. The van der Waals surface area contributed by atoms with Crippen molar-refractivity contribution in [3.63, 3.8) is 0 Å². The van der Waals surface area contributed by atoms with Crippen molar-refractivity contribution in [2.45, 2.75) is 6.92 Å². The maximum atomic E-state index is 5.91. The zero-order chi connectivity index (χ0) is 9.42. The topological polar surface area (TPSA) is 38.9 Å². The lowest BCUT2D eigenvalue weighted by atomic mass is 10.1. The number of hydrogen-bond donors (Lipinski definition) is 1. The molecule has 0 saturated heterocycles. The molecule has 1 aromatic heterocycles. The molecule has 1 aromatic carbocycles. The Morgan fingerprint density at radius 1 is 1.38 bits per heavy atom. The van der Waals surface area contributed by atoms with Crippen LogP contribution in [0.1, 0.15) is 5.56 Å². The molecule has 2 aromatic rings. The van der Waals surface area contributed by atoms with E-state index in [2.05, 4.69) is 4.98 Å². The summed E-state index contributed by atoms with van der Waals surface area (Å²) in [6.45, 7) is 1.97. The second-order valence-electron chi connectivity index (χ2n) is 3.02. The van der Waals surface area contributed by atoms with E-state index in [9.17, 15) is 0 Å². The van der Waals surface area contributed by atoms with Crippen molar-refractivity contribution >= 4 is 28.2 Å². The molecule has 0 aliphatic carbocycles. The van der Waals surface area contributed by atoms with Crippen LogP contribution in [0.15, 0.2) is 24.4 Å². The third kappa shape index (κ3) is 1.33. The number of pyridine rings is 1. The molecular formula is C10H9ClN2. The molecule has 0 amide bonds. The van der Waals surface area contributed by atoms with Gasteiger partial charge >= 0.3 is 0 Å². The molecule has 1 heterocycles. The van der Waals surface area contributed by atoms with Crippen LogP contribution >= 0.6 is 11.6 Å². The molecule has 2 rings (SSSR count). The summed E-state index contributed by atoms with van der Waals surface area (Å²) in [4.78, 5) is 4.24. The number of nitrogen functional groups attached to an aromatic ring is 1. The number of hydrogen-bond acceptors (Lipinski definition) is 2. The molecule has 66 valence electrons. The largest absolute Gasteiger partial charge is 0.398 e. The van der Waals surface area contributed by atoms with Gasteiger partial charge in [-0.1, -0.05) is 11.6 Å². The van der Waals surface area contributed by atoms with Crippen LogP contribution in [0.4, 0.5) is 5.69 Å². The van der Waals surface area contributed by atoms with Crippen molar-refractivity contribution < 1.29 is 0 Å². The number of fused-ring (bicyclic) bond motifs is 1. The molecule has 0 radical (unpaired) electrons. The van der Waals surface area contributed by atoms with Gasteiger partial charge in [-0.2, -0.15) is 0 Å². The monoisotopic (exact) mass is 192 g/mol. The Kier molecular flexibility index (Phi) is 1.85. The van der Waals surface area contributed by atoms with E-state index < -0.39 is 0 Å². The van der Waals surface area contributed by atoms with Gasteiger partial charge in [0.05, 0.1) is 5.52 Å². The zero-order valence-corrected chi connectivity index (χ0v) is 7.97. The van der Waals surface area contributed by atoms with Crippen molar-refractivity contribution in [2.75, 3.05) is 5.73 Å². The molecule has 0 fully saturated rings. The van der Waals surface area contributed by atoms with E-state index in [1.807, 2.05) is 19.1 Å². The summed E-state index contributed by atoms with van der Waals surface area (Å²) in [6.07, 6.45) is 1.71. The first-order valence-electron chi connectivity index (χ1n) is 3.99. The second-order valence-corrected chi connectivity index (χ2v) is 3.46. The first-order valence-corrected chi connectivity index (χ1v) is 4.36. The number of halogens is 1. The summed E-state index contributed by atoms with van der Waals surface area (Å²) < 4.78 is 0. The Morgan fingerprint density at radius 3 is 2.92 bits per heavy atom. The van der Waals surface area contributed by atoms with Crippen LogP contribution in [0.5, 0.6) is 0 Å². The van der Waals surface area contributed by atoms with Gasteiger partial charge in [0, 0.05) is 22.3 Å². The van der Waals surface area contributed by atoms with Gasteiger partial charge in [0.25, 0.3) is 0 Å². The standard InChI is InChI=1S/C10H9ClN2/c1-6-4-7(11)5-8-9(12)2-3-13-10(6)8/h2-5H,1H3,(H2,12,13). The molecule has 0 atom stereocenters. The fraction of sp³-hybridized carbons (Fsp3) is 0.100. The van der Waals surface area contributed by atoms with Gasteiger partial charge in [0.15, 0.2) is 0 Å². The highest BCUT2D eigenvalue weighted by atomic mass is 35.5. The normalized spacial score (nSPS) is 10.6. The first kappa shape index (κ1) is 8.32. The lowest BCUT2D eigenvalue weighted by molar-refractivity contribution is 1.37. The SMILES string of the molecule is Cc1cc(Cl)cc2c(N)ccnc12. The van der Waals surface area contributed by atoms with E-state index in [1.165, 1.54) is 0 Å². The third-order valence-corrected chi connectivity index (χ3v) is 2.25. The van der Waals surface area contributed by atoms with Gasteiger partial charge in [0.1, 0.15) is 0 Å². The van der Waals surface area contributed by atoms with Crippen molar-refractivity contribution in [1.29, 1.82) is 0 Å². The van der Waals surface area contributed by atoms with Crippen molar-refractivity contribution in [2.24, 2.45) is 0 Å². The lowest BCUT2D eigenvalue weighted by Gasteiger charge is -2.04. The minimum atomic E-state index is 0.699. The summed E-state index contributed by atoms with van der Waals surface area (Å²) in [5, 5.41) is 1.62. The third-order valence-electron chi connectivity index (χ3n) is 2.03. The molecule has 2 N–H and O–H groups in total. The number of nitrogens with zero attached hydrogens (tertiary/aromatic N) is 1. The summed E-state index contributed by atoms with van der Waals surface area (Å²) in [5.74, 6) is 0. The number of nitrogens with two attached hydrogens (primary N) is 1. The lowest BCUT2D eigenvalue weighted by Crippen LogP contribution is -1.90. The average molecular weight is 193 g/mol. The van der Waals surface area contributed by atoms with Crippen LogP contribution in [0.25, 0.3) is 10.9 Å². The molecule has 0 saturated carbocycles. The van der Waals surface area contributed by atoms with E-state index in [-0.39, 0.29) is 0 Å². The van der Waals surface area contributed by atoms with Gasteiger partial charge < -0.3 is 5.73 Å². The van der Waals surface area contributed by atoms with Gasteiger partial charge in [-0.25, -0.2) is 0 Å². The van der Waals surface area contributed by atoms with Crippen molar-refractivity contribution in [3.05, 3.63) is 35.0 Å². The Labute approximate surface area is 81.3 Å². The van der Waals surface area contributed by atoms with Gasteiger partial charge in [-0.15, -0.1) is 0 Å². The highest BCUT2D eigenvalue weighted by molar-refractivity contribution is 6.31. The van der Waals surface area contributed by atoms with Crippen LogP contribution in [-0.2, 0) is 0 Å². The van der Waals surface area contributed by atoms with Gasteiger partial charge in [-0.3, -0.25) is 4.98 Å². The maximum Gasteiger partial charge on any atom is 0.0752 e. The number of aromatic nitrogens is 1. The Balaban J connectivity index is 2.94. The van der Waals surface area contributed by atoms with Crippen LogP contribution in [-0.4, -0.2) is 4.98 Å². The summed E-state index contributed by atoms with van der Waals surface area (Å²) >= 11 is 5.91. The van der Waals surface area contributed by atoms with Crippen molar-refractivity contribution in [3.8, 4) is 0 Å². The average Bonchev–Trinajstić information content (AvgIpc) is 2.07. The highest BCUT2D eigenvalue weighted by Gasteiger charge is 2.02. The predicted octanol–water partition coefficient (Wildman–Crippen LogP) is 2.78. The molecule has 13 heavy (non-hydrogen) atoms. The number of benzene rings is 1. The zero-order valence-electron chi connectivity index (χ0n) is 7.21. The highest BCUT2D eigenvalue weighted by Crippen LogP contribution is 2.25. The molecule has 2 nitrogen and oxygen atoms in total. The Bertz CT molecular complexity index is 466. The van der Waals surface area contributed by atoms with E-state index in [4.69, 9.17) is 17.3 Å². The van der Waals surface area contributed by atoms with Crippen molar-refractivity contribution in [1.82, 2.24) is 4.98 Å². The molecular weight excluding hydrogens is 184 g/mol. The van der Waals surface area contributed by atoms with E-state index in [0.717, 1.165) is 22.2 Å². The summed E-state index contributed by atoms with van der Waals surface area (Å²) in [6, 6.07) is 5.50.